The predicted molar refractivity (Wildman–Crippen MR) is 73.5 cm³/mol. The Bertz CT molecular complexity index is 528. The van der Waals surface area contributed by atoms with Crippen molar-refractivity contribution in [3.63, 3.8) is 0 Å². The van der Waals surface area contributed by atoms with Gasteiger partial charge in [0.25, 0.3) is 10.0 Å². The Morgan fingerprint density at radius 2 is 2.00 bits per heavy atom. The van der Waals surface area contributed by atoms with Crippen LogP contribution in [0.3, 0.4) is 0 Å². The number of alkyl halides is 1. The zero-order chi connectivity index (χ0) is 12.8. The van der Waals surface area contributed by atoms with Crippen LogP contribution in [0.4, 0.5) is 0 Å². The van der Waals surface area contributed by atoms with E-state index in [0.717, 1.165) is 5.56 Å². The average molecular weight is 306 g/mol. The maximum atomic E-state index is 12.5. The molecule has 1 aliphatic heterocycles. The third kappa shape index (κ3) is 2.11. The highest BCUT2D eigenvalue weighted by Gasteiger charge is 2.41. The molecule has 1 aromatic heterocycles. The van der Waals surface area contributed by atoms with Crippen LogP contribution in [0, 0.1) is 11.8 Å². The van der Waals surface area contributed by atoms with Crippen molar-refractivity contribution in [2.24, 2.45) is 11.8 Å². The summed E-state index contributed by atoms with van der Waals surface area (Å²) in [5, 5.41) is 1.83. The normalized spacial score (nSPS) is 28.7. The fourth-order valence-electron chi connectivity index (χ4n) is 3.07. The summed E-state index contributed by atoms with van der Waals surface area (Å²) in [6, 6.07) is 1.71. The molecule has 3 rings (SSSR count). The van der Waals surface area contributed by atoms with Crippen molar-refractivity contribution in [2.45, 2.75) is 29.4 Å². The van der Waals surface area contributed by atoms with E-state index in [1.165, 1.54) is 30.6 Å². The predicted octanol–water partition coefficient (Wildman–Crippen LogP) is 2.91. The van der Waals surface area contributed by atoms with Crippen molar-refractivity contribution in [3.05, 3.63) is 17.0 Å². The fraction of sp³-hybridized carbons (Fsp3) is 0.667. The maximum absolute atomic E-state index is 12.5. The van der Waals surface area contributed by atoms with Gasteiger partial charge in [0.2, 0.25) is 0 Å². The third-order valence-corrected chi connectivity index (χ3v) is 7.68. The number of hydrogen-bond acceptors (Lipinski definition) is 3. The Balaban J connectivity index is 1.82. The van der Waals surface area contributed by atoms with Crippen LogP contribution < -0.4 is 0 Å². The number of halogens is 1. The molecule has 2 aliphatic rings. The molecule has 0 N–H and O–H groups in total. The molecular weight excluding hydrogens is 290 g/mol. The quantitative estimate of drug-likeness (QED) is 0.805. The molecule has 3 nitrogen and oxygen atoms in total. The largest absolute Gasteiger partial charge is 0.252 e. The Morgan fingerprint density at radius 1 is 1.33 bits per heavy atom. The van der Waals surface area contributed by atoms with Crippen molar-refractivity contribution < 1.29 is 8.42 Å². The van der Waals surface area contributed by atoms with Crippen LogP contribution >= 0.6 is 22.9 Å². The summed E-state index contributed by atoms with van der Waals surface area (Å²) in [7, 11) is -3.28. The van der Waals surface area contributed by atoms with Gasteiger partial charge in [0, 0.05) is 19.0 Å². The molecule has 100 valence electrons. The van der Waals surface area contributed by atoms with Gasteiger partial charge in [0.05, 0.1) is 0 Å². The van der Waals surface area contributed by atoms with Crippen molar-refractivity contribution in [1.29, 1.82) is 0 Å². The Labute approximate surface area is 117 Å². The van der Waals surface area contributed by atoms with E-state index in [1.54, 1.807) is 10.4 Å². The van der Waals surface area contributed by atoms with Gasteiger partial charge in [-0.1, -0.05) is 6.42 Å². The molecule has 1 saturated carbocycles. The van der Waals surface area contributed by atoms with E-state index in [9.17, 15) is 8.42 Å². The first kappa shape index (κ1) is 12.9. The maximum Gasteiger partial charge on any atom is 0.252 e. The van der Waals surface area contributed by atoms with Gasteiger partial charge in [-0.05, 0) is 41.7 Å². The minimum absolute atomic E-state index is 0.372. The summed E-state index contributed by atoms with van der Waals surface area (Å²) in [5.41, 5.74) is 0.889. The molecule has 2 atom stereocenters. The summed E-state index contributed by atoms with van der Waals surface area (Å²) >= 11 is 7.01. The molecule has 0 spiro atoms. The number of thiophene rings is 1. The molecule has 0 radical (unpaired) electrons. The van der Waals surface area contributed by atoms with Crippen molar-refractivity contribution >= 4 is 33.0 Å². The van der Waals surface area contributed by atoms with E-state index in [2.05, 4.69) is 0 Å². The highest BCUT2D eigenvalue weighted by molar-refractivity contribution is 7.91. The standard InChI is InChI=1S/C12H16ClNO2S2/c13-5-9-4-12(17-8-9)18(15,16)14-6-10-2-1-3-11(10)7-14/h4,8,10-11H,1-3,5-7H2. The Hall–Kier alpha value is -0.100. The highest BCUT2D eigenvalue weighted by Crippen LogP contribution is 2.40. The van der Waals surface area contributed by atoms with E-state index in [0.29, 0.717) is 35.0 Å². The second-order valence-electron chi connectivity index (χ2n) is 5.18. The molecule has 0 amide bonds. The van der Waals surface area contributed by atoms with E-state index in [1.807, 2.05) is 5.38 Å². The molecule has 6 heteroatoms. The van der Waals surface area contributed by atoms with Crippen molar-refractivity contribution in [1.82, 2.24) is 4.31 Å². The van der Waals surface area contributed by atoms with Gasteiger partial charge in [-0.3, -0.25) is 0 Å². The molecule has 0 bridgehead atoms. The molecule has 2 heterocycles. The lowest BCUT2D eigenvalue weighted by atomic mass is 10.0. The summed E-state index contributed by atoms with van der Waals surface area (Å²) < 4.78 is 27.1. The second-order valence-corrected chi connectivity index (χ2v) is 8.52. The van der Waals surface area contributed by atoms with Gasteiger partial charge in [0.15, 0.2) is 0 Å². The van der Waals surface area contributed by atoms with Crippen molar-refractivity contribution in [2.75, 3.05) is 13.1 Å². The zero-order valence-electron chi connectivity index (χ0n) is 10.0. The molecule has 1 aromatic rings. The van der Waals surface area contributed by atoms with Gasteiger partial charge < -0.3 is 0 Å². The summed E-state index contributed by atoms with van der Waals surface area (Å²) in [6.07, 6.45) is 3.64. The molecule has 0 aromatic carbocycles. The van der Waals surface area contributed by atoms with Crippen LogP contribution in [-0.4, -0.2) is 25.8 Å². The lowest BCUT2D eigenvalue weighted by molar-refractivity contribution is 0.447. The van der Waals surface area contributed by atoms with Crippen LogP contribution in [0.25, 0.3) is 0 Å². The third-order valence-electron chi connectivity index (χ3n) is 4.07. The Morgan fingerprint density at radius 3 is 2.56 bits per heavy atom. The van der Waals surface area contributed by atoms with Gasteiger partial charge in [0.1, 0.15) is 4.21 Å². The molecular formula is C12H16ClNO2S2. The van der Waals surface area contributed by atoms with E-state index < -0.39 is 10.0 Å². The monoisotopic (exact) mass is 305 g/mol. The summed E-state index contributed by atoms with van der Waals surface area (Å²) in [4.78, 5) is 0. The molecule has 1 aliphatic carbocycles. The SMILES string of the molecule is O=S(=O)(c1cc(CCl)cs1)N1CC2CCCC2C1. The first-order valence-electron chi connectivity index (χ1n) is 6.25. The molecule has 2 unspecified atom stereocenters. The minimum Gasteiger partial charge on any atom is -0.206 e. The van der Waals surface area contributed by atoms with E-state index in [4.69, 9.17) is 11.6 Å². The number of hydrogen-bond donors (Lipinski definition) is 0. The second kappa shape index (κ2) is 4.78. The van der Waals surface area contributed by atoms with Crippen LogP contribution in [0.5, 0.6) is 0 Å². The topological polar surface area (TPSA) is 37.4 Å². The van der Waals surface area contributed by atoms with Crippen LogP contribution in [-0.2, 0) is 15.9 Å². The lowest BCUT2D eigenvalue weighted by Gasteiger charge is -2.15. The number of sulfonamides is 1. The summed E-state index contributed by atoms with van der Waals surface area (Å²) in [5.74, 6) is 1.55. The first-order valence-corrected chi connectivity index (χ1v) is 9.10. The van der Waals surface area contributed by atoms with Gasteiger partial charge in [-0.2, -0.15) is 4.31 Å². The fourth-order valence-corrected chi connectivity index (χ4v) is 6.24. The van der Waals surface area contributed by atoms with Crippen LogP contribution in [0.15, 0.2) is 15.7 Å². The smallest absolute Gasteiger partial charge is 0.206 e. The van der Waals surface area contributed by atoms with E-state index in [-0.39, 0.29) is 0 Å². The van der Waals surface area contributed by atoms with Crippen LogP contribution in [0.1, 0.15) is 24.8 Å². The number of fused-ring (bicyclic) bond motifs is 1. The summed E-state index contributed by atoms with van der Waals surface area (Å²) in [6.45, 7) is 1.42. The van der Waals surface area contributed by atoms with Gasteiger partial charge >= 0.3 is 0 Å². The average Bonchev–Trinajstić information content (AvgIpc) is 3.03. The number of nitrogens with zero attached hydrogens (tertiary/aromatic N) is 1. The van der Waals surface area contributed by atoms with Crippen LogP contribution in [0.2, 0.25) is 0 Å². The Kier molecular flexibility index (Phi) is 3.43. The lowest BCUT2D eigenvalue weighted by Crippen LogP contribution is -2.29. The first-order chi connectivity index (χ1) is 8.61. The molecule has 2 fully saturated rings. The molecule has 1 saturated heterocycles. The van der Waals surface area contributed by atoms with Crippen molar-refractivity contribution in [3.8, 4) is 0 Å². The number of rotatable bonds is 3. The highest BCUT2D eigenvalue weighted by atomic mass is 35.5. The van der Waals surface area contributed by atoms with E-state index >= 15 is 0 Å². The minimum atomic E-state index is -3.28. The molecule has 18 heavy (non-hydrogen) atoms. The van der Waals surface area contributed by atoms with Gasteiger partial charge in [-0.25, -0.2) is 8.42 Å². The van der Waals surface area contributed by atoms with Gasteiger partial charge in [-0.15, -0.1) is 22.9 Å². The zero-order valence-corrected chi connectivity index (χ0v) is 12.4.